The first kappa shape index (κ1) is 18.7. The van der Waals surface area contributed by atoms with E-state index in [1.807, 2.05) is 0 Å². The van der Waals surface area contributed by atoms with E-state index in [-0.39, 0.29) is 19.0 Å². The predicted molar refractivity (Wildman–Crippen MR) is 81.8 cm³/mol. The number of ether oxygens (including phenoxy) is 1. The molecule has 2 N–H and O–H groups in total. The van der Waals surface area contributed by atoms with Gasteiger partial charge in [-0.3, -0.25) is 4.79 Å². The third-order valence-electron chi connectivity index (χ3n) is 3.02. The Hall–Kier alpha value is -1.35. The van der Waals surface area contributed by atoms with Crippen LogP contribution in [0.2, 0.25) is 0 Å². The van der Waals surface area contributed by atoms with Gasteiger partial charge in [0.2, 0.25) is 15.9 Å². The average molecular weight is 335 g/mol. The van der Waals surface area contributed by atoms with E-state index in [0.29, 0.717) is 6.54 Å². The van der Waals surface area contributed by atoms with E-state index in [1.165, 1.54) is 11.8 Å². The van der Waals surface area contributed by atoms with Gasteiger partial charge in [0.15, 0.2) is 0 Å². The molecular weight excluding hydrogens is 310 g/mol. The van der Waals surface area contributed by atoms with Crippen LogP contribution in [0.25, 0.3) is 0 Å². The van der Waals surface area contributed by atoms with Gasteiger partial charge in [0, 0.05) is 19.6 Å². The fourth-order valence-electron chi connectivity index (χ4n) is 1.83. The van der Waals surface area contributed by atoms with Crippen molar-refractivity contribution in [2.24, 2.45) is 0 Å². The molecule has 1 rings (SSSR count). The third-order valence-corrected chi connectivity index (χ3v) is 4.88. The van der Waals surface area contributed by atoms with Gasteiger partial charge in [-0.05, 0) is 34.6 Å². The van der Waals surface area contributed by atoms with Gasteiger partial charge in [0.1, 0.15) is 10.9 Å². The van der Waals surface area contributed by atoms with Crippen LogP contribution in [-0.4, -0.2) is 61.8 Å². The lowest BCUT2D eigenvalue weighted by Gasteiger charge is -2.39. The molecule has 0 aliphatic carbocycles. The molecule has 22 heavy (non-hydrogen) atoms. The summed E-state index contributed by atoms with van der Waals surface area (Å²) >= 11 is 0. The van der Waals surface area contributed by atoms with E-state index >= 15 is 0 Å². The van der Waals surface area contributed by atoms with Crippen molar-refractivity contribution in [1.82, 2.24) is 14.9 Å². The van der Waals surface area contributed by atoms with Crippen molar-refractivity contribution in [3.05, 3.63) is 0 Å². The zero-order valence-corrected chi connectivity index (χ0v) is 14.5. The molecule has 8 nitrogen and oxygen atoms in total. The summed E-state index contributed by atoms with van der Waals surface area (Å²) in [5.74, 6) is -0.380. The molecule has 0 radical (unpaired) electrons. The molecule has 0 aromatic rings. The molecule has 0 bridgehead atoms. The topological polar surface area (TPSA) is 105 Å². The number of carbonyl (C=O) groups excluding carboxylic acids is 2. The highest BCUT2D eigenvalue weighted by molar-refractivity contribution is 7.90. The van der Waals surface area contributed by atoms with Crippen molar-refractivity contribution >= 4 is 22.0 Å². The van der Waals surface area contributed by atoms with Crippen molar-refractivity contribution in [3.8, 4) is 0 Å². The van der Waals surface area contributed by atoms with Crippen LogP contribution >= 0.6 is 0 Å². The maximum Gasteiger partial charge on any atom is 0.410 e. The minimum absolute atomic E-state index is 0.0619. The predicted octanol–water partition coefficient (Wildman–Crippen LogP) is 0.0497. The molecule has 0 aromatic heterocycles. The second-order valence-electron chi connectivity index (χ2n) is 6.29. The van der Waals surface area contributed by atoms with Crippen LogP contribution in [0.3, 0.4) is 0 Å². The minimum Gasteiger partial charge on any atom is -0.444 e. The summed E-state index contributed by atoms with van der Waals surface area (Å²) in [6, 6.07) is -0.847. The quantitative estimate of drug-likeness (QED) is 0.739. The van der Waals surface area contributed by atoms with E-state index in [9.17, 15) is 18.0 Å². The Kier molecular flexibility index (Phi) is 5.80. The minimum atomic E-state index is -3.66. The number of rotatable bonds is 5. The lowest BCUT2D eigenvalue weighted by atomic mass is 10.2. The smallest absolute Gasteiger partial charge is 0.410 e. The number of likely N-dealkylation sites (tertiary alicyclic amines) is 1. The number of nitrogens with zero attached hydrogens (tertiary/aromatic N) is 1. The molecule has 0 unspecified atom stereocenters. The van der Waals surface area contributed by atoms with Crippen LogP contribution in [0.4, 0.5) is 4.79 Å². The van der Waals surface area contributed by atoms with Gasteiger partial charge in [0.25, 0.3) is 0 Å². The monoisotopic (exact) mass is 335 g/mol. The molecule has 2 amide bonds. The van der Waals surface area contributed by atoms with Crippen molar-refractivity contribution in [3.63, 3.8) is 0 Å². The van der Waals surface area contributed by atoms with Crippen LogP contribution in [0.15, 0.2) is 0 Å². The zero-order valence-electron chi connectivity index (χ0n) is 13.7. The van der Waals surface area contributed by atoms with Crippen molar-refractivity contribution in [2.45, 2.75) is 51.5 Å². The van der Waals surface area contributed by atoms with Crippen LogP contribution in [0.1, 0.15) is 34.6 Å². The molecule has 1 aliphatic rings. The highest BCUT2D eigenvalue weighted by Gasteiger charge is 2.42. The van der Waals surface area contributed by atoms with Gasteiger partial charge in [-0.25, -0.2) is 17.9 Å². The first-order chi connectivity index (χ1) is 9.96. The van der Waals surface area contributed by atoms with Crippen LogP contribution in [0, 0.1) is 0 Å². The summed E-state index contributed by atoms with van der Waals surface area (Å²) in [4.78, 5) is 24.6. The summed E-state index contributed by atoms with van der Waals surface area (Å²) in [6.07, 6.45) is -0.532. The second kappa shape index (κ2) is 6.82. The van der Waals surface area contributed by atoms with Crippen LogP contribution < -0.4 is 10.0 Å². The van der Waals surface area contributed by atoms with Crippen molar-refractivity contribution in [1.29, 1.82) is 0 Å². The Morgan fingerprint density at radius 3 is 2.32 bits per heavy atom. The Balaban J connectivity index is 2.51. The van der Waals surface area contributed by atoms with Gasteiger partial charge in [0.05, 0.1) is 6.04 Å². The fourth-order valence-corrected chi connectivity index (χ4v) is 3.38. The molecule has 0 saturated carbocycles. The van der Waals surface area contributed by atoms with Crippen molar-refractivity contribution in [2.75, 3.05) is 19.6 Å². The van der Waals surface area contributed by atoms with Gasteiger partial charge < -0.3 is 15.0 Å². The first-order valence-corrected chi connectivity index (χ1v) is 8.77. The van der Waals surface area contributed by atoms with Gasteiger partial charge in [-0.2, -0.15) is 0 Å². The number of likely N-dealkylation sites (N-methyl/N-ethyl adjacent to an activating group) is 1. The van der Waals surface area contributed by atoms with E-state index in [2.05, 4.69) is 10.0 Å². The Morgan fingerprint density at radius 2 is 1.86 bits per heavy atom. The van der Waals surface area contributed by atoms with Gasteiger partial charge in [-0.15, -0.1) is 0 Å². The van der Waals surface area contributed by atoms with Crippen LogP contribution in [-0.2, 0) is 19.6 Å². The van der Waals surface area contributed by atoms with Crippen molar-refractivity contribution < 1.29 is 22.7 Å². The normalized spacial score (nSPS) is 17.6. The van der Waals surface area contributed by atoms with E-state index in [0.717, 1.165) is 0 Å². The highest BCUT2D eigenvalue weighted by atomic mass is 32.2. The number of hydrogen-bond donors (Lipinski definition) is 2. The number of hydrogen-bond acceptors (Lipinski definition) is 5. The average Bonchev–Trinajstić information content (AvgIpc) is 2.22. The largest absolute Gasteiger partial charge is 0.444 e. The number of nitrogens with one attached hydrogen (secondary N) is 2. The molecule has 1 fully saturated rings. The SMILES string of the molecule is CCNC(=O)[C@@H](C)NS(=O)(=O)C1CN(C(=O)OC(C)(C)C)C1. The maximum absolute atomic E-state index is 12.1. The number of amides is 2. The molecular formula is C13H25N3O5S. The Bertz CT molecular complexity index is 520. The lowest BCUT2D eigenvalue weighted by Crippen LogP contribution is -2.61. The number of carbonyl (C=O) groups is 2. The standard InChI is InChI=1S/C13H25N3O5S/c1-6-14-11(17)9(2)15-22(19,20)10-7-16(8-10)12(18)21-13(3,4)5/h9-10,15H,6-8H2,1-5H3,(H,14,17)/t9-/m1/s1. The molecule has 1 saturated heterocycles. The molecule has 0 spiro atoms. The van der Waals surface area contributed by atoms with Gasteiger partial charge >= 0.3 is 6.09 Å². The first-order valence-electron chi connectivity index (χ1n) is 7.23. The third kappa shape index (κ3) is 5.13. The summed E-state index contributed by atoms with van der Waals surface area (Å²) < 4.78 is 31.7. The van der Waals surface area contributed by atoms with Gasteiger partial charge in [-0.1, -0.05) is 0 Å². The van der Waals surface area contributed by atoms with E-state index in [1.54, 1.807) is 27.7 Å². The zero-order chi connectivity index (χ0) is 17.1. The molecule has 128 valence electrons. The maximum atomic E-state index is 12.1. The molecule has 1 atom stereocenters. The van der Waals surface area contributed by atoms with E-state index in [4.69, 9.17) is 4.74 Å². The fraction of sp³-hybridized carbons (Fsp3) is 0.846. The van der Waals surface area contributed by atoms with Crippen LogP contribution in [0.5, 0.6) is 0 Å². The lowest BCUT2D eigenvalue weighted by molar-refractivity contribution is -0.122. The summed E-state index contributed by atoms with van der Waals surface area (Å²) in [5.41, 5.74) is -0.619. The van der Waals surface area contributed by atoms with E-state index < -0.39 is 33.0 Å². The molecule has 1 heterocycles. The summed E-state index contributed by atoms with van der Waals surface area (Å²) in [7, 11) is -3.66. The summed E-state index contributed by atoms with van der Waals surface area (Å²) in [6.45, 7) is 9.02. The molecule has 1 aliphatic heterocycles. The molecule has 9 heteroatoms. The highest BCUT2D eigenvalue weighted by Crippen LogP contribution is 2.19. The Morgan fingerprint density at radius 1 is 1.32 bits per heavy atom. The Labute approximate surface area is 131 Å². The number of sulfonamides is 1. The molecule has 0 aromatic carbocycles. The second-order valence-corrected chi connectivity index (χ2v) is 8.28. The summed E-state index contributed by atoms with van der Waals surface area (Å²) in [5, 5.41) is 1.82.